The van der Waals surface area contributed by atoms with Crippen molar-refractivity contribution in [1.29, 1.82) is 0 Å². The topological polar surface area (TPSA) is 58.2 Å². The van der Waals surface area contributed by atoms with Crippen molar-refractivity contribution in [2.75, 3.05) is 10.6 Å². The lowest BCUT2D eigenvalue weighted by atomic mass is 10.2. The second-order valence-corrected chi connectivity index (χ2v) is 6.26. The fourth-order valence-corrected chi connectivity index (χ4v) is 3.02. The van der Waals surface area contributed by atoms with Crippen LogP contribution in [0, 0.1) is 12.8 Å². The molecule has 0 spiro atoms. The second-order valence-electron chi connectivity index (χ2n) is 5.21. The molecule has 1 aromatic carbocycles. The number of aryl methyl sites for hydroxylation is 1. The summed E-state index contributed by atoms with van der Waals surface area (Å²) >= 11 is 1.32. The van der Waals surface area contributed by atoms with Gasteiger partial charge in [-0.3, -0.25) is 9.59 Å². The summed E-state index contributed by atoms with van der Waals surface area (Å²) in [6, 6.07) is 11.2. The van der Waals surface area contributed by atoms with Gasteiger partial charge in [-0.05, 0) is 43.5 Å². The van der Waals surface area contributed by atoms with Crippen LogP contribution in [0.2, 0.25) is 0 Å². The number of carbonyl (C=O) groups excluding carboxylic acids is 2. The first-order valence-corrected chi connectivity index (χ1v) is 7.73. The van der Waals surface area contributed by atoms with Gasteiger partial charge < -0.3 is 10.6 Å². The first kappa shape index (κ1) is 13.8. The van der Waals surface area contributed by atoms with E-state index in [4.69, 9.17) is 0 Å². The van der Waals surface area contributed by atoms with Crippen molar-refractivity contribution in [3.05, 3.63) is 46.8 Å². The van der Waals surface area contributed by atoms with Crippen LogP contribution >= 0.6 is 11.3 Å². The van der Waals surface area contributed by atoms with E-state index in [0.29, 0.717) is 4.88 Å². The molecule has 0 atom stereocenters. The molecule has 0 bridgehead atoms. The SMILES string of the molecule is Cc1cc(NC(=O)C2CC2)sc1C(=O)Nc1ccccc1. The van der Waals surface area contributed by atoms with E-state index in [9.17, 15) is 9.59 Å². The molecule has 1 fully saturated rings. The molecule has 0 unspecified atom stereocenters. The van der Waals surface area contributed by atoms with Gasteiger partial charge in [-0.2, -0.15) is 0 Å². The zero-order valence-electron chi connectivity index (χ0n) is 11.7. The Bertz CT molecular complexity index is 675. The largest absolute Gasteiger partial charge is 0.321 e. The van der Waals surface area contributed by atoms with Crippen LogP contribution in [0.15, 0.2) is 36.4 Å². The third kappa shape index (κ3) is 3.31. The van der Waals surface area contributed by atoms with Crippen LogP contribution in [-0.2, 0) is 4.79 Å². The minimum absolute atomic E-state index is 0.0614. The number of rotatable bonds is 4. The average molecular weight is 300 g/mol. The van der Waals surface area contributed by atoms with E-state index in [0.717, 1.165) is 29.1 Å². The number of nitrogens with one attached hydrogen (secondary N) is 2. The Morgan fingerprint density at radius 2 is 1.86 bits per heavy atom. The van der Waals surface area contributed by atoms with Crippen LogP contribution in [0.5, 0.6) is 0 Å². The molecule has 1 heterocycles. The molecule has 1 aliphatic carbocycles. The maximum absolute atomic E-state index is 12.3. The van der Waals surface area contributed by atoms with Crippen LogP contribution in [-0.4, -0.2) is 11.8 Å². The molecule has 0 radical (unpaired) electrons. The lowest BCUT2D eigenvalue weighted by Gasteiger charge is -2.03. The number of carbonyl (C=O) groups is 2. The molecule has 21 heavy (non-hydrogen) atoms. The van der Waals surface area contributed by atoms with Gasteiger partial charge in [0.05, 0.1) is 9.88 Å². The van der Waals surface area contributed by atoms with Crippen molar-refractivity contribution in [2.24, 2.45) is 5.92 Å². The average Bonchev–Trinajstić information content (AvgIpc) is 3.24. The van der Waals surface area contributed by atoms with E-state index >= 15 is 0 Å². The number of amides is 2. The number of hydrogen-bond donors (Lipinski definition) is 2. The molecule has 5 heteroatoms. The summed E-state index contributed by atoms with van der Waals surface area (Å²) in [4.78, 5) is 24.6. The summed E-state index contributed by atoms with van der Waals surface area (Å²) in [6.07, 6.45) is 1.94. The van der Waals surface area contributed by atoms with E-state index in [2.05, 4.69) is 10.6 Å². The van der Waals surface area contributed by atoms with Crippen molar-refractivity contribution in [1.82, 2.24) is 0 Å². The molecule has 3 rings (SSSR count). The predicted octanol–water partition coefficient (Wildman–Crippen LogP) is 3.66. The Kier molecular flexibility index (Phi) is 3.75. The van der Waals surface area contributed by atoms with E-state index in [-0.39, 0.29) is 17.7 Å². The smallest absolute Gasteiger partial charge is 0.266 e. The van der Waals surface area contributed by atoms with Crippen LogP contribution in [0.1, 0.15) is 28.1 Å². The highest BCUT2D eigenvalue weighted by Crippen LogP contribution is 2.33. The summed E-state index contributed by atoms with van der Waals surface area (Å²) < 4.78 is 0. The number of hydrogen-bond acceptors (Lipinski definition) is 3. The highest BCUT2D eigenvalue weighted by atomic mass is 32.1. The van der Waals surface area contributed by atoms with Gasteiger partial charge in [-0.1, -0.05) is 18.2 Å². The van der Waals surface area contributed by atoms with E-state index in [1.54, 1.807) is 0 Å². The lowest BCUT2D eigenvalue weighted by Crippen LogP contribution is -2.12. The summed E-state index contributed by atoms with van der Waals surface area (Å²) in [5.74, 6) is 0.0795. The van der Waals surface area contributed by atoms with Gasteiger partial charge in [0.2, 0.25) is 5.91 Å². The quantitative estimate of drug-likeness (QED) is 0.905. The molecule has 1 saturated carbocycles. The summed E-state index contributed by atoms with van der Waals surface area (Å²) in [6.45, 7) is 1.88. The Morgan fingerprint density at radius 1 is 1.14 bits per heavy atom. The van der Waals surface area contributed by atoms with Crippen LogP contribution in [0.3, 0.4) is 0 Å². The standard InChI is InChI=1S/C16H16N2O2S/c1-10-9-13(18-15(19)11-7-8-11)21-14(10)16(20)17-12-5-3-2-4-6-12/h2-6,9,11H,7-8H2,1H3,(H,17,20)(H,18,19). The zero-order chi connectivity index (χ0) is 14.8. The third-order valence-electron chi connectivity index (χ3n) is 3.35. The molecule has 0 aliphatic heterocycles. The van der Waals surface area contributed by atoms with E-state index < -0.39 is 0 Å². The van der Waals surface area contributed by atoms with Gasteiger partial charge in [0, 0.05) is 11.6 Å². The molecule has 2 aromatic rings. The number of thiophene rings is 1. The van der Waals surface area contributed by atoms with Crippen molar-refractivity contribution < 1.29 is 9.59 Å². The fourth-order valence-electron chi connectivity index (χ4n) is 2.05. The van der Waals surface area contributed by atoms with Crippen LogP contribution in [0.25, 0.3) is 0 Å². The maximum atomic E-state index is 12.3. The Hall–Kier alpha value is -2.14. The van der Waals surface area contributed by atoms with Crippen molar-refractivity contribution in [2.45, 2.75) is 19.8 Å². The molecular weight excluding hydrogens is 284 g/mol. The van der Waals surface area contributed by atoms with E-state index in [1.807, 2.05) is 43.3 Å². The van der Waals surface area contributed by atoms with Gasteiger partial charge in [0.15, 0.2) is 0 Å². The van der Waals surface area contributed by atoms with Crippen LogP contribution in [0.4, 0.5) is 10.7 Å². The van der Waals surface area contributed by atoms with Gasteiger partial charge in [0.1, 0.15) is 0 Å². The molecule has 0 saturated heterocycles. The van der Waals surface area contributed by atoms with Crippen molar-refractivity contribution in [3.8, 4) is 0 Å². The first-order chi connectivity index (χ1) is 10.1. The molecular formula is C16H16N2O2S. The molecule has 1 aliphatic rings. The van der Waals surface area contributed by atoms with Gasteiger partial charge in [0.25, 0.3) is 5.91 Å². The van der Waals surface area contributed by atoms with Crippen LogP contribution < -0.4 is 10.6 Å². The normalized spacial score (nSPS) is 13.8. The number of anilines is 2. The minimum atomic E-state index is -0.143. The molecule has 4 nitrogen and oxygen atoms in total. The Balaban J connectivity index is 1.71. The Labute approximate surface area is 127 Å². The minimum Gasteiger partial charge on any atom is -0.321 e. The van der Waals surface area contributed by atoms with E-state index in [1.165, 1.54) is 11.3 Å². The van der Waals surface area contributed by atoms with Gasteiger partial charge in [-0.25, -0.2) is 0 Å². The highest BCUT2D eigenvalue weighted by molar-refractivity contribution is 7.18. The number of para-hydroxylation sites is 1. The summed E-state index contributed by atoms with van der Waals surface area (Å²) in [7, 11) is 0. The highest BCUT2D eigenvalue weighted by Gasteiger charge is 2.30. The van der Waals surface area contributed by atoms with Crippen molar-refractivity contribution in [3.63, 3.8) is 0 Å². The first-order valence-electron chi connectivity index (χ1n) is 6.91. The maximum Gasteiger partial charge on any atom is 0.266 e. The predicted molar refractivity (Wildman–Crippen MR) is 84.8 cm³/mol. The van der Waals surface area contributed by atoms with Gasteiger partial charge in [-0.15, -0.1) is 11.3 Å². The Morgan fingerprint density at radius 3 is 2.52 bits per heavy atom. The molecule has 2 amide bonds. The third-order valence-corrected chi connectivity index (χ3v) is 4.50. The summed E-state index contributed by atoms with van der Waals surface area (Å²) in [5.41, 5.74) is 1.64. The van der Waals surface area contributed by atoms with Crippen molar-refractivity contribution >= 4 is 33.8 Å². The van der Waals surface area contributed by atoms with Gasteiger partial charge >= 0.3 is 0 Å². The lowest BCUT2D eigenvalue weighted by molar-refractivity contribution is -0.117. The molecule has 108 valence electrons. The zero-order valence-corrected chi connectivity index (χ0v) is 12.5. The number of benzene rings is 1. The molecule has 2 N–H and O–H groups in total. The second kappa shape index (κ2) is 5.69. The summed E-state index contributed by atoms with van der Waals surface area (Å²) in [5, 5.41) is 6.48. The molecule has 1 aromatic heterocycles. The fraction of sp³-hybridized carbons (Fsp3) is 0.250. The monoisotopic (exact) mass is 300 g/mol.